The predicted octanol–water partition coefficient (Wildman–Crippen LogP) is 1.32. The summed E-state index contributed by atoms with van der Waals surface area (Å²) in [5.74, 6) is 0.967. The van der Waals surface area contributed by atoms with Gasteiger partial charge in [0.25, 0.3) is 5.91 Å². The zero-order valence-electron chi connectivity index (χ0n) is 12.5. The van der Waals surface area contributed by atoms with Crippen LogP contribution in [0.1, 0.15) is 10.4 Å². The summed E-state index contributed by atoms with van der Waals surface area (Å²) < 4.78 is 0. The van der Waals surface area contributed by atoms with Crippen LogP contribution in [0.5, 0.6) is 0 Å². The smallest absolute Gasteiger partial charge is 0.255 e. The number of piperazine rings is 1. The van der Waals surface area contributed by atoms with Crippen molar-refractivity contribution >= 4 is 22.9 Å². The first-order valence-electron chi connectivity index (χ1n) is 7.56. The zero-order chi connectivity index (χ0) is 15.6. The van der Waals surface area contributed by atoms with Crippen LogP contribution in [-0.2, 0) is 0 Å². The lowest BCUT2D eigenvalue weighted by Crippen LogP contribution is -2.49. The van der Waals surface area contributed by atoms with Crippen LogP contribution in [0.3, 0.4) is 0 Å². The van der Waals surface area contributed by atoms with Gasteiger partial charge in [-0.1, -0.05) is 6.07 Å². The quantitative estimate of drug-likeness (QED) is 0.772. The predicted molar refractivity (Wildman–Crippen MR) is 86.2 cm³/mol. The Hall–Kier alpha value is -2.96. The standard InChI is InChI=1S/C16H16N6O/c23-16(12-9-13-15(18-10-12)20-11-19-13)22-7-5-21(6-8-22)14-3-1-2-4-17-14/h1-4,9-11H,5-8H2,(H,18,19,20). The second-order valence-electron chi connectivity index (χ2n) is 5.46. The maximum Gasteiger partial charge on any atom is 0.255 e. The minimum Gasteiger partial charge on any atom is -0.353 e. The normalized spacial score (nSPS) is 15.1. The van der Waals surface area contributed by atoms with E-state index in [2.05, 4.69) is 24.8 Å². The highest BCUT2D eigenvalue weighted by Gasteiger charge is 2.23. The van der Waals surface area contributed by atoms with E-state index in [0.717, 1.165) is 24.4 Å². The van der Waals surface area contributed by atoms with Crippen molar-refractivity contribution in [3.8, 4) is 0 Å². The van der Waals surface area contributed by atoms with Crippen molar-refractivity contribution in [1.82, 2.24) is 24.8 Å². The van der Waals surface area contributed by atoms with Gasteiger partial charge in [-0.2, -0.15) is 0 Å². The summed E-state index contributed by atoms with van der Waals surface area (Å²) in [7, 11) is 0. The summed E-state index contributed by atoms with van der Waals surface area (Å²) >= 11 is 0. The molecule has 0 saturated carbocycles. The molecule has 0 aromatic carbocycles. The van der Waals surface area contributed by atoms with Crippen LogP contribution < -0.4 is 4.90 Å². The fourth-order valence-electron chi connectivity index (χ4n) is 2.81. The number of aromatic nitrogens is 4. The highest BCUT2D eigenvalue weighted by Crippen LogP contribution is 2.15. The van der Waals surface area contributed by atoms with Gasteiger partial charge in [-0.05, 0) is 18.2 Å². The first-order chi connectivity index (χ1) is 11.3. The van der Waals surface area contributed by atoms with Gasteiger partial charge in [-0.25, -0.2) is 15.0 Å². The number of H-pyrrole nitrogens is 1. The summed E-state index contributed by atoms with van der Waals surface area (Å²) in [6.45, 7) is 2.91. The van der Waals surface area contributed by atoms with E-state index in [1.54, 1.807) is 18.7 Å². The fourth-order valence-corrected chi connectivity index (χ4v) is 2.81. The summed E-state index contributed by atoms with van der Waals surface area (Å²) in [5.41, 5.74) is 2.00. The number of carbonyl (C=O) groups excluding carboxylic acids is 1. The number of rotatable bonds is 2. The van der Waals surface area contributed by atoms with E-state index in [0.29, 0.717) is 24.3 Å². The number of anilines is 1. The molecule has 0 radical (unpaired) electrons. The molecular weight excluding hydrogens is 292 g/mol. The topological polar surface area (TPSA) is 78.0 Å². The first-order valence-corrected chi connectivity index (χ1v) is 7.56. The van der Waals surface area contributed by atoms with Crippen molar-refractivity contribution in [2.75, 3.05) is 31.1 Å². The fraction of sp³-hybridized carbons (Fsp3) is 0.250. The molecule has 7 heteroatoms. The summed E-state index contributed by atoms with van der Waals surface area (Å²) in [6, 6.07) is 7.68. The maximum atomic E-state index is 12.6. The monoisotopic (exact) mass is 308 g/mol. The molecule has 0 spiro atoms. The summed E-state index contributed by atoms with van der Waals surface area (Å²) in [6.07, 6.45) is 4.96. The van der Waals surface area contributed by atoms with Crippen LogP contribution in [0.25, 0.3) is 11.2 Å². The molecule has 0 atom stereocenters. The number of nitrogens with one attached hydrogen (secondary N) is 1. The van der Waals surface area contributed by atoms with Crippen molar-refractivity contribution in [2.45, 2.75) is 0 Å². The molecule has 4 rings (SSSR count). The van der Waals surface area contributed by atoms with Crippen LogP contribution in [0.15, 0.2) is 43.0 Å². The van der Waals surface area contributed by atoms with E-state index < -0.39 is 0 Å². The van der Waals surface area contributed by atoms with E-state index in [-0.39, 0.29) is 5.91 Å². The third-order valence-electron chi connectivity index (χ3n) is 4.06. The minimum absolute atomic E-state index is 0.00895. The van der Waals surface area contributed by atoms with E-state index in [1.807, 2.05) is 29.2 Å². The Balaban J connectivity index is 1.46. The molecule has 0 aliphatic carbocycles. The lowest BCUT2D eigenvalue weighted by Gasteiger charge is -2.35. The summed E-state index contributed by atoms with van der Waals surface area (Å²) in [4.78, 5) is 32.3. The Labute approximate surface area is 133 Å². The number of aromatic amines is 1. The van der Waals surface area contributed by atoms with E-state index in [4.69, 9.17) is 0 Å². The van der Waals surface area contributed by atoms with Crippen molar-refractivity contribution in [3.63, 3.8) is 0 Å². The van der Waals surface area contributed by atoms with Crippen LogP contribution >= 0.6 is 0 Å². The van der Waals surface area contributed by atoms with Gasteiger partial charge < -0.3 is 14.8 Å². The second-order valence-corrected chi connectivity index (χ2v) is 5.46. The Kier molecular flexibility index (Phi) is 3.38. The third-order valence-corrected chi connectivity index (χ3v) is 4.06. The van der Waals surface area contributed by atoms with Crippen LogP contribution in [0.2, 0.25) is 0 Å². The van der Waals surface area contributed by atoms with Crippen molar-refractivity contribution in [1.29, 1.82) is 0 Å². The lowest BCUT2D eigenvalue weighted by molar-refractivity contribution is 0.0746. The van der Waals surface area contributed by atoms with Crippen molar-refractivity contribution in [2.24, 2.45) is 0 Å². The van der Waals surface area contributed by atoms with Gasteiger partial charge in [-0.15, -0.1) is 0 Å². The average Bonchev–Trinajstić information content (AvgIpc) is 3.10. The molecule has 0 bridgehead atoms. The Morgan fingerprint density at radius 1 is 1.09 bits per heavy atom. The molecule has 116 valence electrons. The molecule has 3 aromatic rings. The van der Waals surface area contributed by atoms with Gasteiger partial charge in [-0.3, -0.25) is 4.79 Å². The maximum absolute atomic E-state index is 12.6. The highest BCUT2D eigenvalue weighted by atomic mass is 16.2. The molecule has 1 saturated heterocycles. The largest absolute Gasteiger partial charge is 0.353 e. The van der Waals surface area contributed by atoms with Crippen LogP contribution in [-0.4, -0.2) is 56.9 Å². The van der Waals surface area contributed by atoms with E-state index >= 15 is 0 Å². The number of hydrogen-bond acceptors (Lipinski definition) is 5. The van der Waals surface area contributed by atoms with Gasteiger partial charge in [0.1, 0.15) is 5.82 Å². The van der Waals surface area contributed by atoms with E-state index in [9.17, 15) is 4.79 Å². The molecule has 1 amide bonds. The van der Waals surface area contributed by atoms with Crippen molar-refractivity contribution in [3.05, 3.63) is 48.5 Å². The molecule has 3 aromatic heterocycles. The number of amides is 1. The van der Waals surface area contributed by atoms with E-state index in [1.165, 1.54) is 0 Å². The number of carbonyl (C=O) groups is 1. The molecule has 23 heavy (non-hydrogen) atoms. The van der Waals surface area contributed by atoms with Crippen LogP contribution in [0.4, 0.5) is 5.82 Å². The van der Waals surface area contributed by atoms with Gasteiger partial charge in [0.15, 0.2) is 5.65 Å². The highest BCUT2D eigenvalue weighted by molar-refractivity contribution is 5.96. The number of imidazole rings is 1. The van der Waals surface area contributed by atoms with Crippen LogP contribution in [0, 0.1) is 0 Å². The number of hydrogen-bond donors (Lipinski definition) is 1. The molecule has 1 aliphatic rings. The van der Waals surface area contributed by atoms with Gasteiger partial charge in [0.05, 0.1) is 17.4 Å². The number of pyridine rings is 2. The molecule has 4 heterocycles. The Morgan fingerprint density at radius 3 is 2.74 bits per heavy atom. The van der Waals surface area contributed by atoms with Gasteiger partial charge in [0.2, 0.25) is 0 Å². The average molecular weight is 308 g/mol. The molecule has 1 fully saturated rings. The van der Waals surface area contributed by atoms with Gasteiger partial charge in [0, 0.05) is 38.6 Å². The van der Waals surface area contributed by atoms with Crippen molar-refractivity contribution < 1.29 is 4.79 Å². The SMILES string of the molecule is O=C(c1cnc2nc[nH]c2c1)N1CCN(c2ccccn2)CC1. The minimum atomic E-state index is 0.00895. The van der Waals surface area contributed by atoms with Gasteiger partial charge >= 0.3 is 0 Å². The zero-order valence-corrected chi connectivity index (χ0v) is 12.5. The molecule has 1 aliphatic heterocycles. The Bertz CT molecular complexity index is 823. The number of nitrogens with zero attached hydrogens (tertiary/aromatic N) is 5. The second kappa shape index (κ2) is 5.68. The molecule has 7 nitrogen and oxygen atoms in total. The Morgan fingerprint density at radius 2 is 1.96 bits per heavy atom. The third kappa shape index (κ3) is 2.61. The number of fused-ring (bicyclic) bond motifs is 1. The first kappa shape index (κ1) is 13.7. The summed E-state index contributed by atoms with van der Waals surface area (Å²) in [5, 5.41) is 0. The lowest BCUT2D eigenvalue weighted by atomic mass is 10.2. The molecule has 1 N–H and O–H groups in total. The molecular formula is C16H16N6O. The molecule has 0 unspecified atom stereocenters.